The summed E-state index contributed by atoms with van der Waals surface area (Å²) in [4.78, 5) is 28.1. The van der Waals surface area contributed by atoms with E-state index < -0.39 is 10.0 Å². The highest BCUT2D eigenvalue weighted by Gasteiger charge is 2.38. The van der Waals surface area contributed by atoms with Crippen LogP contribution >= 0.6 is 0 Å². The minimum absolute atomic E-state index is 0.00665. The number of benzene rings is 3. The predicted molar refractivity (Wildman–Crippen MR) is 158 cm³/mol. The Hall–Kier alpha value is -3.27. The molecule has 3 atom stereocenters. The van der Waals surface area contributed by atoms with Gasteiger partial charge in [-0.2, -0.15) is 0 Å². The molecule has 8 nitrogen and oxygen atoms in total. The number of sulfonamides is 1. The number of hydrogen-bond acceptors (Lipinski definition) is 5. The Morgan fingerprint density at radius 3 is 2.40 bits per heavy atom. The molecular weight excluding hydrogens is 524 g/mol. The van der Waals surface area contributed by atoms with Crippen LogP contribution in [0, 0.1) is 18.8 Å². The Morgan fingerprint density at radius 1 is 0.975 bits per heavy atom. The zero-order valence-corrected chi connectivity index (χ0v) is 24.1. The quantitative estimate of drug-likeness (QED) is 0.398. The molecule has 40 heavy (non-hydrogen) atoms. The fourth-order valence-electron chi connectivity index (χ4n) is 6.01. The molecule has 0 aliphatic carbocycles. The number of hydrogen-bond donors (Lipinski definition) is 3. The summed E-state index contributed by atoms with van der Waals surface area (Å²) in [7, 11) is -3.89. The van der Waals surface area contributed by atoms with Gasteiger partial charge in [0, 0.05) is 41.2 Å². The number of fused-ring (bicyclic) bond motifs is 1. The summed E-state index contributed by atoms with van der Waals surface area (Å²) in [5, 5.41) is 7.44. The lowest BCUT2D eigenvalue weighted by molar-refractivity contribution is -0.135. The molecule has 0 aromatic heterocycles. The van der Waals surface area contributed by atoms with Crippen LogP contribution in [-0.2, 0) is 14.8 Å². The van der Waals surface area contributed by atoms with Gasteiger partial charge in [-0.05, 0) is 68.3 Å². The summed E-state index contributed by atoms with van der Waals surface area (Å²) >= 11 is 0. The van der Waals surface area contributed by atoms with Crippen molar-refractivity contribution < 1.29 is 18.0 Å². The first kappa shape index (κ1) is 28.3. The average molecular weight is 563 g/mol. The van der Waals surface area contributed by atoms with Crippen molar-refractivity contribution in [2.75, 3.05) is 25.0 Å². The van der Waals surface area contributed by atoms with Crippen molar-refractivity contribution in [3.8, 4) is 0 Å². The number of likely N-dealkylation sites (tertiary alicyclic amines) is 1. The Morgan fingerprint density at radius 2 is 1.70 bits per heavy atom. The normalized spacial score (nSPS) is 21.6. The molecule has 2 aliphatic rings. The van der Waals surface area contributed by atoms with Crippen LogP contribution in [0.15, 0.2) is 65.6 Å². The maximum Gasteiger partial charge on any atom is 0.255 e. The highest BCUT2D eigenvalue weighted by Crippen LogP contribution is 2.32. The first-order valence-corrected chi connectivity index (χ1v) is 15.6. The van der Waals surface area contributed by atoms with Crippen LogP contribution in [-0.4, -0.2) is 56.9 Å². The van der Waals surface area contributed by atoms with Crippen LogP contribution < -0.4 is 15.4 Å². The molecule has 0 saturated carbocycles. The summed E-state index contributed by atoms with van der Waals surface area (Å²) in [5.41, 5.74) is 1.98. The number of carbonyl (C=O) groups excluding carboxylic acids is 2. The van der Waals surface area contributed by atoms with Gasteiger partial charge in [-0.15, -0.1) is 0 Å². The van der Waals surface area contributed by atoms with Gasteiger partial charge in [0.2, 0.25) is 15.9 Å². The van der Waals surface area contributed by atoms with Crippen LogP contribution in [0.1, 0.15) is 49.0 Å². The van der Waals surface area contributed by atoms with Crippen molar-refractivity contribution >= 4 is 38.3 Å². The van der Waals surface area contributed by atoms with Crippen molar-refractivity contribution in [2.24, 2.45) is 11.8 Å². The molecular formula is C31H38N4O4S. The lowest BCUT2D eigenvalue weighted by atomic mass is 9.84. The lowest BCUT2D eigenvalue weighted by Gasteiger charge is -2.41. The number of nitrogens with one attached hydrogen (secondary N) is 3. The summed E-state index contributed by atoms with van der Waals surface area (Å²) in [6.07, 6.45) is 2.41. The van der Waals surface area contributed by atoms with E-state index in [1.54, 1.807) is 30.3 Å². The van der Waals surface area contributed by atoms with E-state index in [0.29, 0.717) is 41.5 Å². The maximum atomic E-state index is 13.8. The molecule has 0 unspecified atom stereocenters. The van der Waals surface area contributed by atoms with Crippen LogP contribution in [0.25, 0.3) is 10.8 Å². The van der Waals surface area contributed by atoms with Gasteiger partial charge in [0.1, 0.15) is 0 Å². The molecule has 2 heterocycles. The van der Waals surface area contributed by atoms with E-state index in [0.717, 1.165) is 24.9 Å². The number of piperidine rings is 1. The molecule has 2 fully saturated rings. The molecule has 2 saturated heterocycles. The molecule has 2 amide bonds. The van der Waals surface area contributed by atoms with Gasteiger partial charge < -0.3 is 15.5 Å². The highest BCUT2D eigenvalue weighted by molar-refractivity contribution is 7.89. The second kappa shape index (κ2) is 11.7. The van der Waals surface area contributed by atoms with E-state index in [1.165, 1.54) is 0 Å². The molecule has 3 aromatic rings. The van der Waals surface area contributed by atoms with E-state index in [9.17, 15) is 18.0 Å². The number of anilines is 1. The van der Waals surface area contributed by atoms with E-state index >= 15 is 0 Å². The largest absolute Gasteiger partial charge is 0.341 e. The standard InChI is InChI=1S/C31H38N4O4S/c1-20(2)25-19-35(31(37)28-13-8-17-32-28)18-16-27(25)34-40(38,39)29-15-14-26(23-11-6-7-12-24(23)29)33-30(36)22-10-5-4-9-21(22)3/h4-7,9-12,14-15,20,25,27-28,32,34H,8,13,16-19H2,1-3H3,(H,33,36)/t25-,27+,28+/m1/s1. The van der Waals surface area contributed by atoms with Gasteiger partial charge in [0.05, 0.1) is 10.9 Å². The fraction of sp³-hybridized carbons (Fsp3) is 0.419. The first-order chi connectivity index (χ1) is 19.2. The van der Waals surface area contributed by atoms with Crippen LogP contribution in [0.4, 0.5) is 5.69 Å². The van der Waals surface area contributed by atoms with Crippen LogP contribution in [0.3, 0.4) is 0 Å². The van der Waals surface area contributed by atoms with Gasteiger partial charge in [0.25, 0.3) is 5.91 Å². The van der Waals surface area contributed by atoms with E-state index in [2.05, 4.69) is 29.2 Å². The SMILES string of the molecule is Cc1ccccc1C(=O)Nc1ccc(S(=O)(=O)N[C@H]2CCN(C(=O)[C@@H]3CCCN3)C[C@@H]2C(C)C)c2ccccc12. The van der Waals surface area contributed by atoms with Crippen molar-refractivity contribution in [1.29, 1.82) is 0 Å². The topological polar surface area (TPSA) is 108 Å². The van der Waals surface area contributed by atoms with Crippen molar-refractivity contribution in [1.82, 2.24) is 14.9 Å². The first-order valence-electron chi connectivity index (χ1n) is 14.1. The number of aryl methyl sites for hydroxylation is 1. The van der Waals surface area contributed by atoms with Gasteiger partial charge >= 0.3 is 0 Å². The van der Waals surface area contributed by atoms with Gasteiger partial charge in [-0.1, -0.05) is 56.3 Å². The minimum atomic E-state index is -3.89. The molecule has 9 heteroatoms. The Bertz CT molecular complexity index is 1510. The molecule has 2 aliphatic heterocycles. The van der Waals surface area contributed by atoms with Gasteiger partial charge in [-0.25, -0.2) is 13.1 Å². The van der Waals surface area contributed by atoms with Gasteiger partial charge in [-0.3, -0.25) is 9.59 Å². The summed E-state index contributed by atoms with van der Waals surface area (Å²) in [6.45, 7) is 7.96. The fourth-order valence-corrected chi connectivity index (χ4v) is 7.55. The van der Waals surface area contributed by atoms with Crippen LogP contribution in [0.2, 0.25) is 0 Å². The third kappa shape index (κ3) is 5.77. The molecule has 212 valence electrons. The summed E-state index contributed by atoms with van der Waals surface area (Å²) in [5.74, 6) is 0.0630. The Kier molecular flexibility index (Phi) is 8.26. The molecule has 3 N–H and O–H groups in total. The zero-order chi connectivity index (χ0) is 28.4. The van der Waals surface area contributed by atoms with Crippen molar-refractivity contribution in [3.63, 3.8) is 0 Å². The number of amides is 2. The monoisotopic (exact) mass is 562 g/mol. The lowest BCUT2D eigenvalue weighted by Crippen LogP contribution is -2.56. The molecule has 0 radical (unpaired) electrons. The summed E-state index contributed by atoms with van der Waals surface area (Å²) < 4.78 is 30.6. The molecule has 5 rings (SSSR count). The van der Waals surface area contributed by atoms with Crippen molar-refractivity contribution in [2.45, 2.75) is 57.0 Å². The second-order valence-electron chi connectivity index (χ2n) is 11.3. The van der Waals surface area contributed by atoms with Crippen molar-refractivity contribution in [3.05, 3.63) is 71.8 Å². The third-order valence-electron chi connectivity index (χ3n) is 8.30. The van der Waals surface area contributed by atoms with Gasteiger partial charge in [0.15, 0.2) is 0 Å². The molecule has 3 aromatic carbocycles. The maximum absolute atomic E-state index is 13.8. The number of nitrogens with zero attached hydrogens (tertiary/aromatic N) is 1. The van der Waals surface area contributed by atoms with Crippen LogP contribution in [0.5, 0.6) is 0 Å². The van der Waals surface area contributed by atoms with E-state index in [-0.39, 0.29) is 40.6 Å². The minimum Gasteiger partial charge on any atom is -0.341 e. The molecule has 0 bridgehead atoms. The van der Waals surface area contributed by atoms with E-state index in [4.69, 9.17) is 0 Å². The third-order valence-corrected chi connectivity index (χ3v) is 9.85. The zero-order valence-electron chi connectivity index (χ0n) is 23.3. The second-order valence-corrected chi connectivity index (χ2v) is 13.0. The summed E-state index contributed by atoms with van der Waals surface area (Å²) in [6, 6.07) is 17.4. The molecule has 0 spiro atoms. The predicted octanol–water partition coefficient (Wildman–Crippen LogP) is 4.30. The van der Waals surface area contributed by atoms with E-state index in [1.807, 2.05) is 42.2 Å². The average Bonchev–Trinajstić information content (AvgIpc) is 3.48. The number of carbonyl (C=O) groups is 2. The Labute approximate surface area is 236 Å². The Balaban J connectivity index is 1.38. The smallest absolute Gasteiger partial charge is 0.255 e. The highest BCUT2D eigenvalue weighted by atomic mass is 32.2. The number of rotatable bonds is 7.